The zero-order valence-corrected chi connectivity index (χ0v) is 19.6. The van der Waals surface area contributed by atoms with Crippen LogP contribution in [0.3, 0.4) is 0 Å². The Morgan fingerprint density at radius 3 is 2.00 bits per heavy atom. The zero-order chi connectivity index (χ0) is 25.2. The van der Waals surface area contributed by atoms with Crippen LogP contribution in [-0.4, -0.2) is 17.9 Å². The van der Waals surface area contributed by atoms with Gasteiger partial charge in [-0.15, -0.1) is 0 Å². The molecule has 0 spiro atoms. The number of fused-ring (bicyclic) bond motifs is 1. The largest absolute Gasteiger partial charge is 0.305 e. The van der Waals surface area contributed by atoms with Gasteiger partial charge in [-0.2, -0.15) is 0 Å². The molecule has 0 saturated heterocycles. The number of amides is 2. The Morgan fingerprint density at radius 1 is 0.750 bits per heavy atom. The highest BCUT2D eigenvalue weighted by Gasteiger charge is 2.39. The average molecular weight is 483 g/mol. The molecule has 1 heterocycles. The molecular weight excluding hydrogens is 458 g/mol. The van der Waals surface area contributed by atoms with E-state index in [4.69, 9.17) is 0 Å². The fraction of sp³-hybridized carbons (Fsp3) is 0.133. The lowest BCUT2D eigenvalue weighted by molar-refractivity contribution is 0.0965. The SMILES string of the molecule is CC1CC(N(C(=O)c2ccccc2)c2ccc(F)cc2)c2ccccc2N1C(=O)c1ccc(F)cc1. The normalized spacial score (nSPS) is 16.8. The Hall–Kier alpha value is -4.32. The number of para-hydroxylation sites is 1. The third kappa shape index (κ3) is 4.38. The van der Waals surface area contributed by atoms with Crippen LogP contribution in [0, 0.1) is 11.6 Å². The lowest BCUT2D eigenvalue weighted by Crippen LogP contribution is -2.47. The number of anilines is 2. The van der Waals surface area contributed by atoms with Crippen molar-refractivity contribution in [2.45, 2.75) is 25.4 Å². The minimum Gasteiger partial charge on any atom is -0.305 e. The predicted molar refractivity (Wildman–Crippen MR) is 136 cm³/mol. The maximum absolute atomic E-state index is 13.8. The summed E-state index contributed by atoms with van der Waals surface area (Å²) in [6.45, 7) is 1.93. The predicted octanol–water partition coefficient (Wildman–Crippen LogP) is 6.79. The summed E-state index contributed by atoms with van der Waals surface area (Å²) in [5.41, 5.74) is 2.95. The molecular formula is C30H24F2N2O2. The van der Waals surface area contributed by atoms with Crippen LogP contribution in [0.1, 0.15) is 45.7 Å². The van der Waals surface area contributed by atoms with Crippen molar-refractivity contribution in [2.75, 3.05) is 9.80 Å². The molecule has 4 aromatic carbocycles. The van der Waals surface area contributed by atoms with Gasteiger partial charge < -0.3 is 9.80 Å². The molecule has 0 N–H and O–H groups in total. The van der Waals surface area contributed by atoms with E-state index in [0.717, 1.165) is 5.56 Å². The summed E-state index contributed by atoms with van der Waals surface area (Å²) in [7, 11) is 0. The summed E-state index contributed by atoms with van der Waals surface area (Å²) < 4.78 is 27.2. The van der Waals surface area contributed by atoms with Gasteiger partial charge in [0.1, 0.15) is 11.6 Å². The van der Waals surface area contributed by atoms with Crippen LogP contribution in [0.25, 0.3) is 0 Å². The quantitative estimate of drug-likeness (QED) is 0.321. The van der Waals surface area contributed by atoms with E-state index < -0.39 is 11.9 Å². The van der Waals surface area contributed by atoms with Gasteiger partial charge in [0.2, 0.25) is 0 Å². The second-order valence-electron chi connectivity index (χ2n) is 8.86. The van der Waals surface area contributed by atoms with E-state index in [0.29, 0.717) is 28.9 Å². The summed E-state index contributed by atoms with van der Waals surface area (Å²) in [5, 5.41) is 0. The lowest BCUT2D eigenvalue weighted by Gasteiger charge is -2.43. The van der Waals surface area contributed by atoms with Crippen LogP contribution in [0.5, 0.6) is 0 Å². The molecule has 0 bridgehead atoms. The first-order valence-corrected chi connectivity index (χ1v) is 11.8. The Kier molecular flexibility index (Phi) is 6.34. The molecule has 0 aliphatic carbocycles. The van der Waals surface area contributed by atoms with E-state index in [-0.39, 0.29) is 23.7 Å². The first-order valence-electron chi connectivity index (χ1n) is 11.8. The smallest absolute Gasteiger partial charge is 0.258 e. The molecule has 2 amide bonds. The highest BCUT2D eigenvalue weighted by molar-refractivity contribution is 6.09. The molecule has 0 fully saturated rings. The second-order valence-corrected chi connectivity index (χ2v) is 8.86. The van der Waals surface area contributed by atoms with Crippen LogP contribution < -0.4 is 9.80 Å². The molecule has 5 rings (SSSR count). The third-order valence-corrected chi connectivity index (χ3v) is 6.53. The zero-order valence-electron chi connectivity index (χ0n) is 19.6. The average Bonchev–Trinajstić information content (AvgIpc) is 2.90. The van der Waals surface area contributed by atoms with E-state index in [1.165, 1.54) is 36.4 Å². The molecule has 1 aliphatic rings. The molecule has 1 aliphatic heterocycles. The van der Waals surface area contributed by atoms with Gasteiger partial charge in [0.05, 0.1) is 6.04 Å². The summed E-state index contributed by atoms with van der Waals surface area (Å²) >= 11 is 0. The number of halogens is 2. The van der Waals surface area contributed by atoms with Crippen molar-refractivity contribution in [3.8, 4) is 0 Å². The van der Waals surface area contributed by atoms with Crippen molar-refractivity contribution in [3.05, 3.63) is 131 Å². The Morgan fingerprint density at radius 2 is 1.33 bits per heavy atom. The highest BCUT2D eigenvalue weighted by atomic mass is 19.1. The van der Waals surface area contributed by atoms with Crippen LogP contribution in [0.15, 0.2) is 103 Å². The van der Waals surface area contributed by atoms with Gasteiger partial charge in [-0.3, -0.25) is 9.59 Å². The minimum atomic E-state index is -0.409. The van der Waals surface area contributed by atoms with Gasteiger partial charge in [0, 0.05) is 28.5 Å². The topological polar surface area (TPSA) is 40.6 Å². The molecule has 6 heteroatoms. The fourth-order valence-corrected chi connectivity index (χ4v) is 4.83. The second kappa shape index (κ2) is 9.74. The van der Waals surface area contributed by atoms with Gasteiger partial charge in [0.15, 0.2) is 0 Å². The number of nitrogens with zero attached hydrogens (tertiary/aromatic N) is 2. The van der Waals surface area contributed by atoms with Gasteiger partial charge in [0.25, 0.3) is 11.8 Å². The standard InChI is InChI=1S/C30H24F2N2O2/c1-20-19-28(34(25-17-15-24(32)16-18-25)30(36)21-7-3-2-4-8-21)26-9-5-6-10-27(26)33(20)29(35)22-11-13-23(31)14-12-22/h2-18,20,28H,19H2,1H3. The van der Waals surface area contributed by atoms with Crippen molar-refractivity contribution in [1.82, 2.24) is 0 Å². The number of rotatable bonds is 4. The molecule has 2 unspecified atom stereocenters. The van der Waals surface area contributed by atoms with E-state index in [9.17, 15) is 18.4 Å². The summed E-state index contributed by atoms with van der Waals surface area (Å²) in [6, 6.07) is 27.1. The summed E-state index contributed by atoms with van der Waals surface area (Å²) in [5.74, 6) is -1.25. The molecule has 0 saturated carbocycles. The Bertz CT molecular complexity index is 1390. The van der Waals surface area contributed by atoms with Crippen LogP contribution in [0.2, 0.25) is 0 Å². The number of hydrogen-bond acceptors (Lipinski definition) is 2. The van der Waals surface area contributed by atoms with E-state index in [2.05, 4.69) is 0 Å². The van der Waals surface area contributed by atoms with E-state index >= 15 is 0 Å². The summed E-state index contributed by atoms with van der Waals surface area (Å²) in [6.07, 6.45) is 0.458. The number of hydrogen-bond donors (Lipinski definition) is 0. The molecule has 4 nitrogen and oxygen atoms in total. The van der Waals surface area contributed by atoms with Gasteiger partial charge in [-0.1, -0.05) is 36.4 Å². The van der Waals surface area contributed by atoms with Gasteiger partial charge in [-0.05, 0) is 85.6 Å². The number of carbonyl (C=O) groups is 2. The first kappa shape index (κ1) is 23.4. The van der Waals surface area contributed by atoms with Crippen molar-refractivity contribution in [2.24, 2.45) is 0 Å². The Balaban J connectivity index is 1.60. The highest BCUT2D eigenvalue weighted by Crippen LogP contribution is 2.43. The van der Waals surface area contributed by atoms with E-state index in [1.54, 1.807) is 46.2 Å². The van der Waals surface area contributed by atoms with Crippen molar-refractivity contribution >= 4 is 23.2 Å². The van der Waals surface area contributed by atoms with E-state index in [1.807, 2.05) is 37.3 Å². The maximum atomic E-state index is 13.8. The molecule has 0 aromatic heterocycles. The number of benzene rings is 4. The summed E-state index contributed by atoms with van der Waals surface area (Å²) in [4.78, 5) is 30.7. The molecule has 2 atom stereocenters. The maximum Gasteiger partial charge on any atom is 0.258 e. The third-order valence-electron chi connectivity index (χ3n) is 6.53. The minimum absolute atomic E-state index is 0.215. The van der Waals surface area contributed by atoms with Crippen LogP contribution in [-0.2, 0) is 0 Å². The lowest BCUT2D eigenvalue weighted by atomic mass is 9.89. The van der Waals surface area contributed by atoms with Crippen LogP contribution >= 0.6 is 0 Å². The molecule has 4 aromatic rings. The molecule has 0 radical (unpaired) electrons. The monoisotopic (exact) mass is 482 g/mol. The fourth-order valence-electron chi connectivity index (χ4n) is 4.83. The van der Waals surface area contributed by atoms with Crippen molar-refractivity contribution < 1.29 is 18.4 Å². The van der Waals surface area contributed by atoms with Gasteiger partial charge >= 0.3 is 0 Å². The first-order chi connectivity index (χ1) is 17.4. The van der Waals surface area contributed by atoms with Crippen molar-refractivity contribution in [3.63, 3.8) is 0 Å². The Labute approximate surface area is 208 Å². The molecule has 36 heavy (non-hydrogen) atoms. The molecule has 180 valence electrons. The van der Waals surface area contributed by atoms with Gasteiger partial charge in [-0.25, -0.2) is 8.78 Å². The number of carbonyl (C=O) groups excluding carboxylic acids is 2. The van der Waals surface area contributed by atoms with Crippen molar-refractivity contribution in [1.29, 1.82) is 0 Å². The van der Waals surface area contributed by atoms with Crippen LogP contribution in [0.4, 0.5) is 20.2 Å².